The molecule has 20 heavy (non-hydrogen) atoms. The summed E-state index contributed by atoms with van der Waals surface area (Å²) >= 11 is 0. The second-order valence-corrected chi connectivity index (χ2v) is 6.03. The molecule has 0 atom stereocenters. The minimum atomic E-state index is -5.38. The van der Waals surface area contributed by atoms with E-state index in [2.05, 4.69) is 0 Å². The van der Waals surface area contributed by atoms with Gasteiger partial charge in [-0.1, -0.05) is 0 Å². The Morgan fingerprint density at radius 1 is 0.850 bits per heavy atom. The Hall–Kier alpha value is -2.16. The fourth-order valence-corrected chi connectivity index (χ4v) is 2.57. The maximum Gasteiger partial charge on any atom is 0.308 e. The monoisotopic (exact) mass is 328 g/mol. The normalized spacial score (nSPS) is 12.1. The third-order valence-electron chi connectivity index (χ3n) is 1.97. The van der Waals surface area contributed by atoms with Gasteiger partial charge in [0.15, 0.2) is 0 Å². The minimum absolute atomic E-state index is 0.0748. The second kappa shape index (κ2) is 4.75. The van der Waals surface area contributed by atoms with E-state index in [1.54, 1.807) is 0 Å². The van der Waals surface area contributed by atoms with Crippen LogP contribution in [0.5, 0.6) is 0 Å². The van der Waals surface area contributed by atoms with Gasteiger partial charge >= 0.3 is 10.1 Å². The summed E-state index contributed by atoms with van der Waals surface area (Å²) in [5.74, 6) is 0. The van der Waals surface area contributed by atoms with E-state index in [-0.39, 0.29) is 12.1 Å². The van der Waals surface area contributed by atoms with E-state index < -0.39 is 51.2 Å². The van der Waals surface area contributed by atoms with E-state index in [4.69, 9.17) is 9.11 Å². The van der Waals surface area contributed by atoms with Crippen LogP contribution in [0.2, 0.25) is 0 Å². The van der Waals surface area contributed by atoms with E-state index in [0.717, 1.165) is 0 Å². The van der Waals surface area contributed by atoms with Crippen molar-refractivity contribution in [3.8, 4) is 0 Å². The number of nitrogens with zero attached hydrogens (tertiary/aromatic N) is 2. The van der Waals surface area contributed by atoms with Gasteiger partial charge in [0.25, 0.3) is 21.5 Å². The molecule has 0 aliphatic carbocycles. The average molecular weight is 328 g/mol. The highest BCUT2D eigenvalue weighted by Crippen LogP contribution is 2.35. The topological polar surface area (TPSA) is 195 Å². The molecule has 0 aliphatic heterocycles. The van der Waals surface area contributed by atoms with Crippen molar-refractivity contribution in [2.75, 3.05) is 0 Å². The first-order valence-electron chi connectivity index (χ1n) is 4.27. The maximum absolute atomic E-state index is 11.0. The lowest BCUT2D eigenvalue weighted by atomic mass is 10.3. The zero-order chi connectivity index (χ0) is 15.9. The largest absolute Gasteiger partial charge is 0.308 e. The van der Waals surface area contributed by atoms with Crippen molar-refractivity contribution >= 4 is 31.6 Å². The number of nitro benzene ring substituents is 2. The highest BCUT2D eigenvalue weighted by Gasteiger charge is 2.37. The van der Waals surface area contributed by atoms with Crippen LogP contribution in [0.3, 0.4) is 0 Å². The van der Waals surface area contributed by atoms with E-state index in [1.807, 2.05) is 0 Å². The molecule has 2 N–H and O–H groups in total. The van der Waals surface area contributed by atoms with Crippen molar-refractivity contribution in [1.29, 1.82) is 0 Å². The molecular formula is C6H4N2O10S2. The van der Waals surface area contributed by atoms with Crippen LogP contribution < -0.4 is 0 Å². The molecule has 0 aromatic heterocycles. The molecule has 0 fully saturated rings. The van der Waals surface area contributed by atoms with Gasteiger partial charge < -0.3 is 0 Å². The molecule has 0 unspecified atom stereocenters. The second-order valence-electron chi connectivity index (χ2n) is 3.26. The lowest BCUT2D eigenvalue weighted by Crippen LogP contribution is -2.10. The van der Waals surface area contributed by atoms with Gasteiger partial charge in [-0.25, -0.2) is 0 Å². The van der Waals surface area contributed by atoms with Crippen molar-refractivity contribution in [3.63, 3.8) is 0 Å². The molecule has 1 aromatic rings. The van der Waals surface area contributed by atoms with Crippen molar-refractivity contribution in [2.24, 2.45) is 0 Å². The highest BCUT2D eigenvalue weighted by atomic mass is 32.2. The first-order valence-corrected chi connectivity index (χ1v) is 7.15. The molecule has 0 heterocycles. The number of hydrogen-bond donors (Lipinski definition) is 2. The number of rotatable bonds is 4. The van der Waals surface area contributed by atoms with Crippen LogP contribution in [0.1, 0.15) is 0 Å². The standard InChI is InChI=1S/C6H4N2O10S2/c9-7(10)4-1-3(19(13,14)15)2-5(8(11)12)6(4)20(16,17)18/h1-2H,(H,13,14,15)(H,16,17,18). The third-order valence-corrected chi connectivity index (χ3v) is 3.74. The lowest BCUT2D eigenvalue weighted by molar-refractivity contribution is -0.400. The summed E-state index contributed by atoms with van der Waals surface area (Å²) in [5, 5.41) is 21.3. The van der Waals surface area contributed by atoms with E-state index in [0.29, 0.717) is 0 Å². The zero-order valence-electron chi connectivity index (χ0n) is 9.03. The minimum Gasteiger partial charge on any atom is -0.282 e. The molecule has 1 aromatic carbocycles. The zero-order valence-corrected chi connectivity index (χ0v) is 10.7. The summed E-state index contributed by atoms with van der Waals surface area (Å²) in [5.41, 5.74) is -3.12. The summed E-state index contributed by atoms with van der Waals surface area (Å²) in [6.45, 7) is 0. The van der Waals surface area contributed by atoms with Crippen LogP contribution in [-0.4, -0.2) is 35.8 Å². The maximum atomic E-state index is 11.0. The quantitative estimate of drug-likeness (QED) is 0.431. The Morgan fingerprint density at radius 2 is 1.20 bits per heavy atom. The predicted octanol–water partition coefficient (Wildman–Crippen LogP) is -0.00360. The van der Waals surface area contributed by atoms with Gasteiger partial charge in [0.2, 0.25) is 4.90 Å². The molecule has 0 amide bonds. The Morgan fingerprint density at radius 3 is 1.40 bits per heavy atom. The Kier molecular flexibility index (Phi) is 3.77. The van der Waals surface area contributed by atoms with Crippen molar-refractivity contribution in [1.82, 2.24) is 0 Å². The third kappa shape index (κ3) is 3.05. The highest BCUT2D eigenvalue weighted by molar-refractivity contribution is 7.86. The molecule has 1 rings (SSSR count). The van der Waals surface area contributed by atoms with Crippen LogP contribution in [-0.2, 0) is 20.2 Å². The van der Waals surface area contributed by atoms with E-state index in [1.165, 1.54) is 0 Å². The van der Waals surface area contributed by atoms with Crippen LogP contribution >= 0.6 is 0 Å². The summed E-state index contributed by atoms with van der Waals surface area (Å²) < 4.78 is 61.1. The van der Waals surface area contributed by atoms with Gasteiger partial charge in [0.1, 0.15) is 4.90 Å². The SMILES string of the molecule is O=[N+]([O-])c1cc(S(=O)(=O)O)cc([N+](=O)[O-])c1S(=O)(=O)O. The van der Waals surface area contributed by atoms with Crippen LogP contribution in [0.25, 0.3) is 0 Å². The van der Waals surface area contributed by atoms with Gasteiger partial charge in [-0.15, -0.1) is 0 Å². The Balaban J connectivity index is 4.04. The average Bonchev–Trinajstić information content (AvgIpc) is 2.24. The summed E-state index contributed by atoms with van der Waals surface area (Å²) in [6.07, 6.45) is 0. The van der Waals surface area contributed by atoms with Crippen LogP contribution in [0.15, 0.2) is 21.9 Å². The predicted molar refractivity (Wildman–Crippen MR) is 59.4 cm³/mol. The summed E-state index contributed by atoms with van der Waals surface area (Å²) in [4.78, 5) is 15.5. The molecule has 110 valence electrons. The van der Waals surface area contributed by atoms with Gasteiger partial charge in [-0.05, 0) is 0 Å². The molecule has 0 saturated carbocycles. The van der Waals surface area contributed by atoms with Crippen molar-refractivity contribution in [2.45, 2.75) is 9.79 Å². The molecule has 14 heteroatoms. The van der Waals surface area contributed by atoms with Gasteiger partial charge in [0, 0.05) is 12.1 Å². The molecular weight excluding hydrogens is 324 g/mol. The van der Waals surface area contributed by atoms with Crippen molar-refractivity contribution < 1.29 is 35.8 Å². The van der Waals surface area contributed by atoms with E-state index >= 15 is 0 Å². The first-order chi connectivity index (χ1) is 8.85. The smallest absolute Gasteiger partial charge is 0.282 e. The van der Waals surface area contributed by atoms with Crippen molar-refractivity contribution in [3.05, 3.63) is 32.4 Å². The number of nitro groups is 2. The van der Waals surface area contributed by atoms with Gasteiger partial charge in [0.05, 0.1) is 9.85 Å². The molecule has 0 radical (unpaired) electrons. The molecule has 0 aliphatic rings. The van der Waals surface area contributed by atoms with Crippen LogP contribution in [0, 0.1) is 20.2 Å². The molecule has 0 bridgehead atoms. The summed E-state index contributed by atoms with van der Waals surface area (Å²) in [7, 11) is -10.4. The fourth-order valence-electron chi connectivity index (χ4n) is 1.26. The number of hydrogen-bond acceptors (Lipinski definition) is 8. The number of benzene rings is 1. The van der Waals surface area contributed by atoms with Crippen LogP contribution in [0.4, 0.5) is 11.4 Å². The first kappa shape index (κ1) is 15.9. The Bertz CT molecular complexity index is 773. The van der Waals surface area contributed by atoms with Gasteiger partial charge in [-0.2, -0.15) is 16.8 Å². The summed E-state index contributed by atoms with van der Waals surface area (Å²) in [6, 6.07) is 0.150. The van der Waals surface area contributed by atoms with Gasteiger partial charge in [-0.3, -0.25) is 29.3 Å². The molecule has 0 spiro atoms. The lowest BCUT2D eigenvalue weighted by Gasteiger charge is -2.03. The molecule has 0 saturated heterocycles. The fraction of sp³-hybridized carbons (Fsp3) is 0. The molecule has 12 nitrogen and oxygen atoms in total. The Labute approximate surface area is 110 Å². The van der Waals surface area contributed by atoms with E-state index in [9.17, 15) is 37.1 Å².